The van der Waals surface area contributed by atoms with Crippen LogP contribution in [0.1, 0.15) is 25.3 Å². The molecule has 0 bridgehead atoms. The zero-order valence-corrected chi connectivity index (χ0v) is 11.9. The quantitative estimate of drug-likeness (QED) is 0.827. The molecule has 0 saturated carbocycles. The Kier molecular flexibility index (Phi) is 4.20. The van der Waals surface area contributed by atoms with Gasteiger partial charge < -0.3 is 9.47 Å². The maximum absolute atomic E-state index is 12.2. The lowest BCUT2D eigenvalue weighted by molar-refractivity contribution is -0.129. The van der Waals surface area contributed by atoms with Gasteiger partial charge in [0.1, 0.15) is 5.65 Å². The van der Waals surface area contributed by atoms with Crippen molar-refractivity contribution >= 4 is 16.9 Å². The molecular formula is C15H21N3O. The predicted octanol–water partition coefficient (Wildman–Crippen LogP) is 2.37. The number of carbonyl (C=O) groups excluding carboxylic acids is 1. The third kappa shape index (κ3) is 2.95. The minimum atomic E-state index is 0.171. The molecular weight excluding hydrogens is 238 g/mol. The van der Waals surface area contributed by atoms with Gasteiger partial charge in [0.15, 0.2) is 0 Å². The summed E-state index contributed by atoms with van der Waals surface area (Å²) in [4.78, 5) is 18.3. The second-order valence-electron chi connectivity index (χ2n) is 4.99. The van der Waals surface area contributed by atoms with Crippen molar-refractivity contribution < 1.29 is 4.79 Å². The summed E-state index contributed by atoms with van der Waals surface area (Å²) in [5, 5.41) is 1.07. The molecule has 0 aromatic carbocycles. The minimum Gasteiger partial charge on any atom is -0.345 e. The van der Waals surface area contributed by atoms with Gasteiger partial charge in [-0.05, 0) is 24.1 Å². The maximum Gasteiger partial charge on any atom is 0.226 e. The van der Waals surface area contributed by atoms with Crippen LogP contribution in [0.25, 0.3) is 11.0 Å². The van der Waals surface area contributed by atoms with Crippen LogP contribution in [0.4, 0.5) is 0 Å². The molecule has 2 aromatic heterocycles. The number of amides is 1. The Morgan fingerprint density at radius 3 is 3.00 bits per heavy atom. The minimum absolute atomic E-state index is 0.171. The average Bonchev–Trinajstić information content (AvgIpc) is 2.73. The monoisotopic (exact) mass is 259 g/mol. The first-order chi connectivity index (χ1) is 9.13. The predicted molar refractivity (Wildman–Crippen MR) is 77.0 cm³/mol. The molecule has 2 heterocycles. The molecule has 0 spiro atoms. The van der Waals surface area contributed by atoms with Gasteiger partial charge in [-0.2, -0.15) is 0 Å². The van der Waals surface area contributed by atoms with E-state index in [1.165, 1.54) is 0 Å². The fourth-order valence-corrected chi connectivity index (χ4v) is 2.25. The summed E-state index contributed by atoms with van der Waals surface area (Å²) in [6.45, 7) is 2.97. The van der Waals surface area contributed by atoms with Crippen molar-refractivity contribution in [1.82, 2.24) is 14.5 Å². The Morgan fingerprint density at radius 1 is 1.47 bits per heavy atom. The van der Waals surface area contributed by atoms with Gasteiger partial charge in [0.05, 0.1) is 6.42 Å². The molecule has 0 atom stereocenters. The van der Waals surface area contributed by atoms with Crippen molar-refractivity contribution in [1.29, 1.82) is 0 Å². The van der Waals surface area contributed by atoms with Gasteiger partial charge in [-0.3, -0.25) is 4.79 Å². The van der Waals surface area contributed by atoms with E-state index in [9.17, 15) is 4.79 Å². The molecule has 0 aliphatic rings. The average molecular weight is 259 g/mol. The highest BCUT2D eigenvalue weighted by atomic mass is 16.2. The molecule has 0 N–H and O–H groups in total. The largest absolute Gasteiger partial charge is 0.345 e. The fourth-order valence-electron chi connectivity index (χ4n) is 2.25. The van der Waals surface area contributed by atoms with Gasteiger partial charge in [-0.25, -0.2) is 4.98 Å². The zero-order chi connectivity index (χ0) is 13.8. The number of carbonyl (C=O) groups is 1. The van der Waals surface area contributed by atoms with Crippen LogP contribution in [0.3, 0.4) is 0 Å². The first-order valence-electron chi connectivity index (χ1n) is 6.76. The molecule has 0 radical (unpaired) electrons. The smallest absolute Gasteiger partial charge is 0.226 e. The van der Waals surface area contributed by atoms with Crippen LogP contribution in [0.15, 0.2) is 24.5 Å². The van der Waals surface area contributed by atoms with Crippen LogP contribution in [-0.2, 0) is 18.3 Å². The molecule has 19 heavy (non-hydrogen) atoms. The normalized spacial score (nSPS) is 10.9. The number of aromatic nitrogens is 2. The van der Waals surface area contributed by atoms with E-state index in [4.69, 9.17) is 0 Å². The van der Waals surface area contributed by atoms with Crippen molar-refractivity contribution in [3.05, 3.63) is 30.1 Å². The highest BCUT2D eigenvalue weighted by Gasteiger charge is 2.13. The Bertz CT molecular complexity index is 574. The van der Waals surface area contributed by atoms with E-state index in [2.05, 4.69) is 11.9 Å². The van der Waals surface area contributed by atoms with Crippen LogP contribution in [-0.4, -0.2) is 34.0 Å². The molecule has 0 fully saturated rings. The molecule has 0 aliphatic carbocycles. The Morgan fingerprint density at radius 2 is 2.26 bits per heavy atom. The van der Waals surface area contributed by atoms with E-state index in [-0.39, 0.29) is 5.91 Å². The van der Waals surface area contributed by atoms with Gasteiger partial charge >= 0.3 is 0 Å². The number of fused-ring (bicyclic) bond motifs is 1. The van der Waals surface area contributed by atoms with Gasteiger partial charge in [0, 0.05) is 38.4 Å². The highest BCUT2D eigenvalue weighted by molar-refractivity contribution is 5.87. The van der Waals surface area contributed by atoms with Crippen LogP contribution in [0.2, 0.25) is 0 Å². The number of unbranched alkanes of at least 4 members (excludes halogenated alkanes) is 1. The second-order valence-corrected chi connectivity index (χ2v) is 4.99. The number of likely N-dealkylation sites (N-methyl/N-ethyl adjacent to an activating group) is 1. The summed E-state index contributed by atoms with van der Waals surface area (Å²) in [6.07, 6.45) is 6.39. The number of pyridine rings is 1. The molecule has 102 valence electrons. The molecule has 0 aliphatic heterocycles. The lowest BCUT2D eigenvalue weighted by atomic mass is 10.1. The molecule has 4 nitrogen and oxygen atoms in total. The topological polar surface area (TPSA) is 38.1 Å². The van der Waals surface area contributed by atoms with Gasteiger partial charge in [-0.15, -0.1) is 0 Å². The maximum atomic E-state index is 12.2. The van der Waals surface area contributed by atoms with Crippen LogP contribution in [0, 0.1) is 0 Å². The Hall–Kier alpha value is -1.84. The number of nitrogens with zero attached hydrogens (tertiary/aromatic N) is 3. The van der Waals surface area contributed by atoms with E-state index in [1.54, 1.807) is 6.20 Å². The summed E-state index contributed by atoms with van der Waals surface area (Å²) < 4.78 is 1.98. The first kappa shape index (κ1) is 13.6. The van der Waals surface area contributed by atoms with Crippen molar-refractivity contribution in [3.63, 3.8) is 0 Å². The van der Waals surface area contributed by atoms with Crippen molar-refractivity contribution in [2.24, 2.45) is 7.05 Å². The van der Waals surface area contributed by atoms with E-state index < -0.39 is 0 Å². The van der Waals surface area contributed by atoms with E-state index in [1.807, 2.05) is 41.9 Å². The Labute approximate surface area is 114 Å². The van der Waals surface area contributed by atoms with Crippen LogP contribution >= 0.6 is 0 Å². The number of hydrogen-bond acceptors (Lipinski definition) is 2. The first-order valence-corrected chi connectivity index (χ1v) is 6.76. The number of hydrogen-bond donors (Lipinski definition) is 0. The van der Waals surface area contributed by atoms with E-state index in [0.717, 1.165) is 36.0 Å². The summed E-state index contributed by atoms with van der Waals surface area (Å²) in [6, 6.07) is 3.94. The van der Waals surface area contributed by atoms with Crippen molar-refractivity contribution in [2.45, 2.75) is 26.2 Å². The number of rotatable bonds is 5. The van der Waals surface area contributed by atoms with E-state index >= 15 is 0 Å². The fraction of sp³-hybridized carbons (Fsp3) is 0.467. The second kappa shape index (κ2) is 5.87. The summed E-state index contributed by atoms with van der Waals surface area (Å²) in [5.41, 5.74) is 1.99. The van der Waals surface area contributed by atoms with Crippen molar-refractivity contribution in [2.75, 3.05) is 13.6 Å². The van der Waals surface area contributed by atoms with Crippen LogP contribution in [0.5, 0.6) is 0 Å². The third-order valence-corrected chi connectivity index (χ3v) is 3.43. The van der Waals surface area contributed by atoms with Crippen molar-refractivity contribution in [3.8, 4) is 0 Å². The van der Waals surface area contributed by atoms with Gasteiger partial charge in [-0.1, -0.05) is 13.3 Å². The standard InChI is InChI=1S/C15H21N3O/c1-4-5-9-17(2)14(19)10-12-11-18(3)15-13(12)7-6-8-16-15/h6-8,11H,4-5,9-10H2,1-3H3. The number of aryl methyl sites for hydroxylation is 1. The molecule has 2 aromatic rings. The molecule has 2 rings (SSSR count). The molecule has 1 amide bonds. The Balaban J connectivity index is 2.15. The lowest BCUT2D eigenvalue weighted by Crippen LogP contribution is -2.29. The summed E-state index contributed by atoms with van der Waals surface area (Å²) in [5.74, 6) is 0.171. The lowest BCUT2D eigenvalue weighted by Gasteiger charge is -2.16. The third-order valence-electron chi connectivity index (χ3n) is 3.43. The molecule has 4 heteroatoms. The summed E-state index contributed by atoms with van der Waals surface area (Å²) in [7, 11) is 3.84. The van der Waals surface area contributed by atoms with Gasteiger partial charge in [0.25, 0.3) is 0 Å². The molecule has 0 saturated heterocycles. The zero-order valence-electron chi connectivity index (χ0n) is 11.9. The van der Waals surface area contributed by atoms with Crippen LogP contribution < -0.4 is 0 Å². The molecule has 0 unspecified atom stereocenters. The van der Waals surface area contributed by atoms with E-state index in [0.29, 0.717) is 6.42 Å². The SMILES string of the molecule is CCCCN(C)C(=O)Cc1cn(C)c2ncccc12. The summed E-state index contributed by atoms with van der Waals surface area (Å²) >= 11 is 0. The van der Waals surface area contributed by atoms with Gasteiger partial charge in [0.2, 0.25) is 5.91 Å². The highest BCUT2D eigenvalue weighted by Crippen LogP contribution is 2.19.